The molecule has 2 aliphatic rings. The van der Waals surface area contributed by atoms with E-state index < -0.39 is 0 Å². The van der Waals surface area contributed by atoms with Crippen molar-refractivity contribution in [3.8, 4) is 0 Å². The SMILES string of the molecule is CCCN(C)C.[Si].c1ccc(C2c3cccc2c3)cc1. The maximum Gasteiger partial charge on any atom is 0.0340 e. The molecule has 0 aromatic heterocycles. The first-order valence-corrected chi connectivity index (χ1v) is 7.02. The van der Waals surface area contributed by atoms with Gasteiger partial charge in [-0.25, -0.2) is 0 Å². The summed E-state index contributed by atoms with van der Waals surface area (Å²) in [6.45, 7) is 3.39. The monoisotopic (exact) mass is 281 g/mol. The van der Waals surface area contributed by atoms with Crippen molar-refractivity contribution < 1.29 is 0 Å². The van der Waals surface area contributed by atoms with Gasteiger partial charge < -0.3 is 4.90 Å². The van der Waals surface area contributed by atoms with Crippen LogP contribution in [0, 0.1) is 0 Å². The predicted octanol–water partition coefficient (Wildman–Crippen LogP) is 3.78. The molecule has 1 nitrogen and oxygen atoms in total. The Morgan fingerprint density at radius 3 is 2.15 bits per heavy atom. The van der Waals surface area contributed by atoms with Crippen molar-refractivity contribution in [2.24, 2.45) is 0 Å². The van der Waals surface area contributed by atoms with E-state index >= 15 is 0 Å². The summed E-state index contributed by atoms with van der Waals surface area (Å²) in [6.07, 6.45) is 10.0. The Morgan fingerprint density at radius 1 is 1.05 bits per heavy atom. The number of rotatable bonds is 3. The van der Waals surface area contributed by atoms with E-state index in [1.165, 1.54) is 29.7 Å². The molecule has 3 rings (SSSR count). The molecule has 1 unspecified atom stereocenters. The second kappa shape index (κ2) is 8.03. The molecule has 1 atom stereocenters. The molecule has 104 valence electrons. The third kappa shape index (κ3) is 4.05. The maximum absolute atomic E-state index is 2.26. The number of fused-ring (bicyclic) bond motifs is 2. The maximum atomic E-state index is 2.26. The minimum absolute atomic E-state index is 0. The summed E-state index contributed by atoms with van der Waals surface area (Å²) in [5.41, 5.74) is 4.31. The first kappa shape index (κ1) is 16.7. The number of benzene rings is 1. The van der Waals surface area contributed by atoms with Crippen LogP contribution in [0.1, 0.15) is 24.8 Å². The summed E-state index contributed by atoms with van der Waals surface area (Å²) in [5, 5.41) is 0. The van der Waals surface area contributed by atoms with Crippen LogP contribution in [0.2, 0.25) is 0 Å². The van der Waals surface area contributed by atoms with Crippen LogP contribution < -0.4 is 0 Å². The minimum Gasteiger partial charge on any atom is -0.309 e. The summed E-state index contributed by atoms with van der Waals surface area (Å²) < 4.78 is 0. The van der Waals surface area contributed by atoms with Crippen LogP contribution >= 0.6 is 0 Å². The lowest BCUT2D eigenvalue weighted by Crippen LogP contribution is -2.14. The minimum atomic E-state index is 0. The number of allylic oxidation sites excluding steroid dienone is 6. The Morgan fingerprint density at radius 2 is 1.75 bits per heavy atom. The van der Waals surface area contributed by atoms with Crippen LogP contribution in [0.5, 0.6) is 0 Å². The number of hydrogen-bond acceptors (Lipinski definition) is 1. The fourth-order valence-corrected chi connectivity index (χ4v) is 2.49. The lowest BCUT2D eigenvalue weighted by Gasteiger charge is -2.31. The highest BCUT2D eigenvalue weighted by molar-refractivity contribution is 5.75. The number of nitrogens with zero attached hydrogens (tertiary/aromatic N) is 1. The van der Waals surface area contributed by atoms with Crippen molar-refractivity contribution >= 4 is 11.0 Å². The Labute approximate surface area is 127 Å². The average Bonchev–Trinajstić information content (AvgIpc) is 2.41. The van der Waals surface area contributed by atoms with Crippen molar-refractivity contribution in [3.63, 3.8) is 0 Å². The second-order valence-corrected chi connectivity index (χ2v) is 5.32. The first-order chi connectivity index (χ1) is 9.22. The molecule has 2 aliphatic carbocycles. The van der Waals surface area contributed by atoms with Gasteiger partial charge in [-0.15, -0.1) is 0 Å². The molecule has 2 bridgehead atoms. The van der Waals surface area contributed by atoms with E-state index in [1.54, 1.807) is 0 Å². The van der Waals surface area contributed by atoms with Crippen molar-refractivity contribution in [2.75, 3.05) is 20.6 Å². The molecule has 4 radical (unpaired) electrons. The van der Waals surface area contributed by atoms with E-state index in [4.69, 9.17) is 0 Å². The second-order valence-electron chi connectivity index (χ2n) is 5.32. The molecule has 0 heterocycles. The van der Waals surface area contributed by atoms with Crippen molar-refractivity contribution in [1.29, 1.82) is 0 Å². The van der Waals surface area contributed by atoms with Crippen molar-refractivity contribution in [3.05, 3.63) is 71.3 Å². The lowest BCUT2D eigenvalue weighted by atomic mass is 9.72. The summed E-state index contributed by atoms with van der Waals surface area (Å²) in [7, 11) is 4.17. The molecule has 1 aromatic carbocycles. The highest BCUT2D eigenvalue weighted by Gasteiger charge is 2.27. The third-order valence-corrected chi connectivity index (χ3v) is 3.38. The van der Waals surface area contributed by atoms with Crippen LogP contribution in [-0.2, 0) is 0 Å². The van der Waals surface area contributed by atoms with Gasteiger partial charge in [0.1, 0.15) is 0 Å². The van der Waals surface area contributed by atoms with E-state index in [-0.39, 0.29) is 11.0 Å². The van der Waals surface area contributed by atoms with E-state index in [9.17, 15) is 0 Å². The van der Waals surface area contributed by atoms with Gasteiger partial charge in [0.25, 0.3) is 0 Å². The van der Waals surface area contributed by atoms with Gasteiger partial charge in [-0.05, 0) is 43.8 Å². The Bertz CT molecular complexity index is 486. The Kier molecular flexibility index (Phi) is 6.69. The summed E-state index contributed by atoms with van der Waals surface area (Å²) in [4.78, 5) is 2.18. The van der Waals surface area contributed by atoms with Gasteiger partial charge in [0.2, 0.25) is 0 Å². The van der Waals surface area contributed by atoms with Crippen molar-refractivity contribution in [1.82, 2.24) is 4.90 Å². The van der Waals surface area contributed by atoms with E-state index in [0.717, 1.165) is 0 Å². The summed E-state index contributed by atoms with van der Waals surface area (Å²) in [6, 6.07) is 10.7. The van der Waals surface area contributed by atoms with Crippen LogP contribution in [-0.4, -0.2) is 36.5 Å². The average molecular weight is 281 g/mol. The van der Waals surface area contributed by atoms with Gasteiger partial charge in [-0.2, -0.15) is 0 Å². The van der Waals surface area contributed by atoms with Crippen LogP contribution in [0.25, 0.3) is 0 Å². The van der Waals surface area contributed by atoms with Gasteiger partial charge in [-0.3, -0.25) is 0 Å². The molecular weight excluding hydrogens is 258 g/mol. The van der Waals surface area contributed by atoms with Gasteiger partial charge >= 0.3 is 0 Å². The lowest BCUT2D eigenvalue weighted by molar-refractivity contribution is 0.408. The Hall–Kier alpha value is -1.38. The smallest absolute Gasteiger partial charge is 0.0340 e. The summed E-state index contributed by atoms with van der Waals surface area (Å²) in [5.74, 6) is 0.561. The quantitative estimate of drug-likeness (QED) is 0.762. The first-order valence-electron chi connectivity index (χ1n) is 7.02. The number of hydrogen-bond donors (Lipinski definition) is 0. The molecule has 0 fully saturated rings. The largest absolute Gasteiger partial charge is 0.309 e. The molecule has 0 saturated carbocycles. The van der Waals surface area contributed by atoms with Gasteiger partial charge in [0.05, 0.1) is 0 Å². The van der Waals surface area contributed by atoms with Crippen LogP contribution in [0.3, 0.4) is 0 Å². The van der Waals surface area contributed by atoms with Crippen molar-refractivity contribution in [2.45, 2.75) is 19.3 Å². The Balaban J connectivity index is 0.000000250. The normalized spacial score (nSPS) is 18.1. The van der Waals surface area contributed by atoms with Gasteiger partial charge in [0.15, 0.2) is 0 Å². The fraction of sp³-hybridized carbons (Fsp3) is 0.333. The predicted molar refractivity (Wildman–Crippen MR) is 89.1 cm³/mol. The molecular formula is C18H23NSi. The molecule has 1 aromatic rings. The standard InChI is InChI=1S/C13H10.C5H13N.Si/c1-2-5-10(6-3-1)13-11-7-4-8-12(13)9-11;1-4-5-6(2)3;/h1-9,13H;4-5H2,1-3H3;. The zero-order valence-corrected chi connectivity index (χ0v) is 13.6. The van der Waals surface area contributed by atoms with Gasteiger partial charge in [-0.1, -0.05) is 61.6 Å². The molecule has 0 aliphatic heterocycles. The molecule has 0 amide bonds. The van der Waals surface area contributed by atoms with E-state index in [0.29, 0.717) is 5.92 Å². The van der Waals surface area contributed by atoms with E-state index in [2.05, 4.69) is 80.6 Å². The topological polar surface area (TPSA) is 3.24 Å². The zero-order valence-electron chi connectivity index (χ0n) is 12.6. The molecule has 2 heteroatoms. The zero-order chi connectivity index (χ0) is 13.7. The fourth-order valence-electron chi connectivity index (χ4n) is 2.49. The van der Waals surface area contributed by atoms with Crippen LogP contribution in [0.4, 0.5) is 0 Å². The molecule has 0 saturated heterocycles. The molecule has 0 N–H and O–H groups in total. The van der Waals surface area contributed by atoms with Crippen LogP contribution in [0.15, 0.2) is 65.8 Å². The summed E-state index contributed by atoms with van der Waals surface area (Å²) >= 11 is 0. The molecule has 0 spiro atoms. The highest BCUT2D eigenvalue weighted by atomic mass is 28.1. The highest BCUT2D eigenvalue weighted by Crippen LogP contribution is 2.44. The molecule has 20 heavy (non-hydrogen) atoms. The third-order valence-electron chi connectivity index (χ3n) is 3.38. The van der Waals surface area contributed by atoms with E-state index in [1.807, 2.05) is 0 Å². The van der Waals surface area contributed by atoms with Gasteiger partial charge in [0, 0.05) is 16.9 Å².